The zero-order valence-electron chi connectivity index (χ0n) is 3.18. The van der Waals surface area contributed by atoms with Crippen LogP contribution in [0.3, 0.4) is 0 Å². The summed E-state index contributed by atoms with van der Waals surface area (Å²) in [6.07, 6.45) is 5.68. The van der Waals surface area contributed by atoms with Crippen LogP contribution in [-0.4, -0.2) is 21.2 Å². The van der Waals surface area contributed by atoms with E-state index in [1.165, 1.54) is 0 Å². The Hall–Kier alpha value is -0.251. The maximum atomic E-state index is 9.48. The van der Waals surface area contributed by atoms with E-state index in [0.717, 1.165) is 6.29 Å². The SMILES string of the molecule is C#C[Se]CC=O. The van der Waals surface area contributed by atoms with Crippen LogP contribution in [0, 0.1) is 11.2 Å². The van der Waals surface area contributed by atoms with E-state index in [1.54, 1.807) is 0 Å². The maximum absolute atomic E-state index is 9.48. The monoisotopic (exact) mass is 148 g/mol. The van der Waals surface area contributed by atoms with Crippen molar-refractivity contribution in [1.29, 1.82) is 0 Å². The minimum absolute atomic E-state index is 0.127. The average Bonchev–Trinajstić information content (AvgIpc) is 1.61. The van der Waals surface area contributed by atoms with Crippen molar-refractivity contribution in [2.24, 2.45) is 0 Å². The minimum atomic E-state index is 0.127. The van der Waals surface area contributed by atoms with Gasteiger partial charge < -0.3 is 0 Å². The molecule has 0 aromatic heterocycles. The molecule has 0 amide bonds. The summed E-state index contributed by atoms with van der Waals surface area (Å²) in [6, 6.07) is 0. The molecule has 0 spiro atoms. The van der Waals surface area contributed by atoms with Crippen LogP contribution >= 0.6 is 0 Å². The molecule has 0 heterocycles. The molecule has 0 aliphatic carbocycles. The Morgan fingerprint density at radius 2 is 2.67 bits per heavy atom. The summed E-state index contributed by atoms with van der Waals surface area (Å²) in [7, 11) is 0. The Morgan fingerprint density at radius 3 is 2.83 bits per heavy atom. The Bertz CT molecular complexity index is 72.1. The summed E-state index contributed by atoms with van der Waals surface area (Å²) < 4.78 is 0. The van der Waals surface area contributed by atoms with Gasteiger partial charge in [-0.25, -0.2) is 0 Å². The van der Waals surface area contributed by atoms with Crippen molar-refractivity contribution in [3.63, 3.8) is 0 Å². The van der Waals surface area contributed by atoms with E-state index in [9.17, 15) is 4.79 Å². The van der Waals surface area contributed by atoms with Gasteiger partial charge in [-0.2, -0.15) is 0 Å². The van der Waals surface area contributed by atoms with Crippen LogP contribution < -0.4 is 0 Å². The molecule has 32 valence electrons. The zero-order chi connectivity index (χ0) is 4.83. The molecule has 0 aliphatic rings. The normalized spacial score (nSPS) is 6.50. The first kappa shape index (κ1) is 5.75. The Balaban J connectivity index is 2.72. The predicted molar refractivity (Wildman–Crippen MR) is 25.5 cm³/mol. The van der Waals surface area contributed by atoms with E-state index in [-0.39, 0.29) is 15.0 Å². The number of terminal acetylenes is 1. The summed E-state index contributed by atoms with van der Waals surface area (Å²) >= 11 is 0.127. The standard InChI is InChI=1S/C4H4OSe/c1-2-6-4-3-5/h1,3H,4H2. The van der Waals surface area contributed by atoms with Crippen LogP contribution in [0.4, 0.5) is 0 Å². The molecular weight excluding hydrogens is 143 g/mol. The molecule has 0 saturated carbocycles. The molecule has 0 bridgehead atoms. The second kappa shape index (κ2) is 4.75. The van der Waals surface area contributed by atoms with Crippen LogP contribution in [0.15, 0.2) is 0 Å². The molecule has 0 saturated heterocycles. The van der Waals surface area contributed by atoms with Gasteiger partial charge in [0.05, 0.1) is 0 Å². The van der Waals surface area contributed by atoms with Crippen LogP contribution in [0.5, 0.6) is 0 Å². The second-order valence-electron chi connectivity index (χ2n) is 0.596. The summed E-state index contributed by atoms with van der Waals surface area (Å²) in [5, 5.41) is 0.559. The number of hydrogen-bond donors (Lipinski definition) is 0. The van der Waals surface area contributed by atoms with E-state index in [2.05, 4.69) is 4.82 Å². The van der Waals surface area contributed by atoms with Crippen LogP contribution in [-0.2, 0) is 4.79 Å². The summed E-state index contributed by atoms with van der Waals surface area (Å²) in [5.41, 5.74) is 0. The van der Waals surface area contributed by atoms with Crippen LogP contribution in [0.25, 0.3) is 0 Å². The molecule has 2 heteroatoms. The third kappa shape index (κ3) is 3.75. The topological polar surface area (TPSA) is 17.1 Å². The summed E-state index contributed by atoms with van der Waals surface area (Å²) in [5.74, 6) is 0. The Morgan fingerprint density at radius 1 is 2.00 bits per heavy atom. The summed E-state index contributed by atoms with van der Waals surface area (Å²) in [6.45, 7) is 0. The molecular formula is C4H4OSe. The molecule has 0 rings (SSSR count). The number of hydrogen-bond acceptors (Lipinski definition) is 1. The first-order valence-electron chi connectivity index (χ1n) is 1.43. The van der Waals surface area contributed by atoms with Crippen molar-refractivity contribution >= 4 is 21.2 Å². The predicted octanol–water partition coefficient (Wildman–Crippen LogP) is -0.102. The van der Waals surface area contributed by atoms with Gasteiger partial charge in [-0.15, -0.1) is 0 Å². The number of carbonyl (C=O) groups excluding carboxylic acids is 1. The van der Waals surface area contributed by atoms with Gasteiger partial charge in [0.25, 0.3) is 0 Å². The van der Waals surface area contributed by atoms with E-state index < -0.39 is 0 Å². The summed E-state index contributed by atoms with van der Waals surface area (Å²) in [4.78, 5) is 11.9. The van der Waals surface area contributed by atoms with E-state index >= 15 is 0 Å². The Labute approximate surface area is 43.3 Å². The van der Waals surface area contributed by atoms with Gasteiger partial charge >= 0.3 is 42.6 Å². The van der Waals surface area contributed by atoms with Gasteiger partial charge in [-0.05, 0) is 0 Å². The zero-order valence-corrected chi connectivity index (χ0v) is 4.89. The van der Waals surface area contributed by atoms with Crippen molar-refractivity contribution < 1.29 is 4.79 Å². The Kier molecular flexibility index (Phi) is 4.55. The molecule has 0 aliphatic heterocycles. The molecule has 0 fully saturated rings. The van der Waals surface area contributed by atoms with Gasteiger partial charge in [0.1, 0.15) is 0 Å². The van der Waals surface area contributed by atoms with E-state index in [1.807, 2.05) is 0 Å². The number of rotatable bonds is 2. The quantitative estimate of drug-likeness (QED) is 0.230. The van der Waals surface area contributed by atoms with Gasteiger partial charge in [0.15, 0.2) is 0 Å². The van der Waals surface area contributed by atoms with Crippen LogP contribution in [0.1, 0.15) is 0 Å². The molecule has 0 unspecified atom stereocenters. The molecule has 0 aromatic rings. The molecule has 1 nitrogen and oxygen atoms in total. The first-order valence-corrected chi connectivity index (χ1v) is 3.49. The van der Waals surface area contributed by atoms with Crippen molar-refractivity contribution in [3.05, 3.63) is 0 Å². The second-order valence-corrected chi connectivity index (χ2v) is 2.40. The van der Waals surface area contributed by atoms with Gasteiger partial charge in [0, 0.05) is 0 Å². The van der Waals surface area contributed by atoms with Crippen LogP contribution in [0.2, 0.25) is 5.32 Å². The van der Waals surface area contributed by atoms with E-state index in [0.29, 0.717) is 5.32 Å². The number of carbonyl (C=O) groups is 1. The first-order chi connectivity index (χ1) is 2.91. The van der Waals surface area contributed by atoms with Crippen molar-refractivity contribution in [1.82, 2.24) is 0 Å². The fourth-order valence-corrected chi connectivity index (χ4v) is 0.427. The van der Waals surface area contributed by atoms with E-state index in [4.69, 9.17) is 6.42 Å². The third-order valence-electron chi connectivity index (χ3n) is 0.235. The fraction of sp³-hybridized carbons (Fsp3) is 0.250. The molecule has 0 N–H and O–H groups in total. The van der Waals surface area contributed by atoms with Gasteiger partial charge in [-0.3, -0.25) is 0 Å². The van der Waals surface area contributed by atoms with Gasteiger partial charge in [0.2, 0.25) is 0 Å². The third-order valence-corrected chi connectivity index (χ3v) is 1.22. The molecule has 0 aromatic carbocycles. The van der Waals surface area contributed by atoms with Crippen molar-refractivity contribution in [2.45, 2.75) is 5.32 Å². The average molecular weight is 147 g/mol. The van der Waals surface area contributed by atoms with Crippen molar-refractivity contribution in [2.75, 3.05) is 0 Å². The van der Waals surface area contributed by atoms with Crippen molar-refractivity contribution in [3.8, 4) is 11.2 Å². The fourth-order valence-electron chi connectivity index (χ4n) is 0.0821. The molecule has 0 radical (unpaired) electrons. The van der Waals surface area contributed by atoms with Gasteiger partial charge in [-0.1, -0.05) is 0 Å². The molecule has 0 atom stereocenters. The number of aldehydes is 1. The molecule has 6 heavy (non-hydrogen) atoms.